The van der Waals surface area contributed by atoms with E-state index < -0.39 is 11.7 Å². The van der Waals surface area contributed by atoms with Crippen LogP contribution in [0.15, 0.2) is 65.3 Å². The minimum atomic E-state index is -4.56. The molecule has 8 heteroatoms. The molecule has 4 nitrogen and oxygen atoms in total. The molecule has 0 saturated carbocycles. The number of benzene rings is 2. The number of halogens is 4. The first-order chi connectivity index (χ1) is 12.8. The molecule has 0 fully saturated rings. The maximum Gasteiger partial charge on any atom is 0.421 e. The number of aromatic nitrogens is 2. The lowest BCUT2D eigenvalue weighted by molar-refractivity contribution is -0.137. The predicted octanol–water partition coefficient (Wildman–Crippen LogP) is 5.79. The summed E-state index contributed by atoms with van der Waals surface area (Å²) in [6.07, 6.45) is -3.74. The second-order valence-electron chi connectivity index (χ2n) is 5.84. The molecule has 27 heavy (non-hydrogen) atoms. The van der Waals surface area contributed by atoms with Gasteiger partial charge in [0.25, 0.3) is 0 Å². The van der Waals surface area contributed by atoms with E-state index in [4.69, 9.17) is 0 Å². The smallest absolute Gasteiger partial charge is 0.329 e. The van der Waals surface area contributed by atoms with Crippen LogP contribution in [-0.2, 0) is 6.18 Å². The summed E-state index contributed by atoms with van der Waals surface area (Å²) in [5, 5.41) is 0. The lowest BCUT2D eigenvalue weighted by Gasteiger charge is -2.25. The van der Waals surface area contributed by atoms with Crippen molar-refractivity contribution in [1.82, 2.24) is 9.97 Å². The second-order valence-corrected chi connectivity index (χ2v) is 6.75. The lowest BCUT2D eigenvalue weighted by Crippen LogP contribution is -2.21. The fourth-order valence-electron chi connectivity index (χ4n) is 2.54. The number of para-hydroxylation sites is 1. The molecular formula is C19H16BrF3N4. The van der Waals surface area contributed by atoms with Gasteiger partial charge in [-0.05, 0) is 36.4 Å². The van der Waals surface area contributed by atoms with E-state index in [2.05, 4.69) is 25.9 Å². The van der Waals surface area contributed by atoms with Gasteiger partial charge in [-0.15, -0.1) is 0 Å². The maximum atomic E-state index is 13.5. The molecule has 0 unspecified atom stereocenters. The van der Waals surface area contributed by atoms with Crippen LogP contribution in [0.25, 0.3) is 0 Å². The molecule has 0 N–H and O–H groups in total. The van der Waals surface area contributed by atoms with Crippen LogP contribution < -0.4 is 9.80 Å². The van der Waals surface area contributed by atoms with E-state index in [9.17, 15) is 13.2 Å². The first kappa shape index (κ1) is 19.2. The molecule has 1 aromatic heterocycles. The number of hydrogen-bond donors (Lipinski definition) is 0. The van der Waals surface area contributed by atoms with Crippen molar-refractivity contribution in [2.24, 2.45) is 0 Å². The summed E-state index contributed by atoms with van der Waals surface area (Å²) < 4.78 is 41.4. The standard InChI is InChI=1S/C19H16BrF3N4/c1-26(14-6-4-3-5-7-14)17-16(19(21,22)23)12-24-18(25-17)27(2)15-10-8-13(20)9-11-15/h3-12H,1-2H3. The zero-order chi connectivity index (χ0) is 19.6. The fourth-order valence-corrected chi connectivity index (χ4v) is 2.80. The van der Waals surface area contributed by atoms with Crippen LogP contribution in [0.1, 0.15) is 5.56 Å². The highest BCUT2D eigenvalue weighted by Crippen LogP contribution is 2.38. The summed E-state index contributed by atoms with van der Waals surface area (Å²) in [6.45, 7) is 0. The Labute approximate surface area is 163 Å². The minimum Gasteiger partial charge on any atom is -0.329 e. The van der Waals surface area contributed by atoms with Crippen LogP contribution in [0.5, 0.6) is 0 Å². The topological polar surface area (TPSA) is 32.3 Å². The molecule has 140 valence electrons. The Kier molecular flexibility index (Phi) is 5.36. The van der Waals surface area contributed by atoms with E-state index in [-0.39, 0.29) is 11.8 Å². The van der Waals surface area contributed by atoms with Crippen LogP contribution in [-0.4, -0.2) is 24.1 Å². The highest BCUT2D eigenvalue weighted by molar-refractivity contribution is 9.10. The predicted molar refractivity (Wildman–Crippen MR) is 104 cm³/mol. The van der Waals surface area contributed by atoms with Crippen molar-refractivity contribution in [1.29, 1.82) is 0 Å². The number of nitrogens with zero attached hydrogens (tertiary/aromatic N) is 4. The zero-order valence-corrected chi connectivity index (χ0v) is 16.2. The lowest BCUT2D eigenvalue weighted by atomic mass is 10.2. The van der Waals surface area contributed by atoms with Gasteiger partial charge in [0, 0.05) is 36.1 Å². The molecule has 0 spiro atoms. The Morgan fingerprint density at radius 3 is 2.04 bits per heavy atom. The molecule has 0 radical (unpaired) electrons. The number of anilines is 4. The Morgan fingerprint density at radius 2 is 1.44 bits per heavy atom. The van der Waals surface area contributed by atoms with Gasteiger partial charge >= 0.3 is 6.18 Å². The van der Waals surface area contributed by atoms with Crippen molar-refractivity contribution in [3.63, 3.8) is 0 Å². The van der Waals surface area contributed by atoms with Crippen LogP contribution >= 0.6 is 15.9 Å². The van der Waals surface area contributed by atoms with Gasteiger partial charge in [-0.3, -0.25) is 0 Å². The van der Waals surface area contributed by atoms with Gasteiger partial charge < -0.3 is 9.80 Å². The SMILES string of the molecule is CN(c1ccc(Br)cc1)c1ncc(C(F)(F)F)c(N(C)c2ccccc2)n1. The molecule has 3 aromatic rings. The average molecular weight is 437 g/mol. The highest BCUT2D eigenvalue weighted by atomic mass is 79.9. The summed E-state index contributed by atoms with van der Waals surface area (Å²) >= 11 is 3.36. The van der Waals surface area contributed by atoms with E-state index in [1.807, 2.05) is 24.3 Å². The molecule has 0 saturated heterocycles. The summed E-state index contributed by atoms with van der Waals surface area (Å²) in [5.74, 6) is -0.0363. The fraction of sp³-hybridized carbons (Fsp3) is 0.158. The molecule has 3 rings (SSSR count). The summed E-state index contributed by atoms with van der Waals surface area (Å²) in [6, 6.07) is 16.1. The van der Waals surface area contributed by atoms with Crippen LogP contribution in [0.3, 0.4) is 0 Å². The highest BCUT2D eigenvalue weighted by Gasteiger charge is 2.36. The van der Waals surface area contributed by atoms with Gasteiger partial charge in [0.05, 0.1) is 0 Å². The molecule has 0 bridgehead atoms. The van der Waals surface area contributed by atoms with Crippen molar-refractivity contribution in [3.8, 4) is 0 Å². The number of alkyl halides is 3. The largest absolute Gasteiger partial charge is 0.421 e. The van der Waals surface area contributed by atoms with Gasteiger partial charge in [-0.25, -0.2) is 4.98 Å². The van der Waals surface area contributed by atoms with Crippen LogP contribution in [0.4, 0.5) is 36.3 Å². The van der Waals surface area contributed by atoms with E-state index in [1.54, 1.807) is 49.3 Å². The number of hydrogen-bond acceptors (Lipinski definition) is 4. The van der Waals surface area contributed by atoms with Crippen molar-refractivity contribution in [3.05, 3.63) is 70.8 Å². The van der Waals surface area contributed by atoms with Crippen LogP contribution in [0, 0.1) is 0 Å². The van der Waals surface area contributed by atoms with E-state index in [0.717, 1.165) is 16.4 Å². The summed E-state index contributed by atoms with van der Waals surface area (Å²) in [4.78, 5) is 11.2. The normalized spacial score (nSPS) is 11.3. The molecule has 2 aromatic carbocycles. The van der Waals surface area contributed by atoms with Crippen molar-refractivity contribution < 1.29 is 13.2 Å². The van der Waals surface area contributed by atoms with Crippen molar-refractivity contribution >= 4 is 39.1 Å². The van der Waals surface area contributed by atoms with Crippen molar-refractivity contribution in [2.45, 2.75) is 6.18 Å². The first-order valence-electron chi connectivity index (χ1n) is 7.99. The van der Waals surface area contributed by atoms with Gasteiger partial charge in [0.1, 0.15) is 5.56 Å². The van der Waals surface area contributed by atoms with Gasteiger partial charge in [-0.2, -0.15) is 18.2 Å². The summed E-state index contributed by atoms with van der Waals surface area (Å²) in [5.41, 5.74) is 0.465. The third kappa shape index (κ3) is 4.21. The Balaban J connectivity index is 2.06. The monoisotopic (exact) mass is 436 g/mol. The molecular weight excluding hydrogens is 421 g/mol. The van der Waals surface area contributed by atoms with E-state index in [0.29, 0.717) is 5.69 Å². The van der Waals surface area contributed by atoms with Crippen LogP contribution in [0.2, 0.25) is 0 Å². The average Bonchev–Trinajstić information content (AvgIpc) is 2.67. The molecule has 0 aliphatic rings. The van der Waals surface area contributed by atoms with E-state index in [1.165, 1.54) is 4.90 Å². The Hall–Kier alpha value is -2.61. The first-order valence-corrected chi connectivity index (χ1v) is 8.79. The molecule has 0 aliphatic carbocycles. The third-order valence-electron chi connectivity index (χ3n) is 4.04. The van der Waals surface area contributed by atoms with E-state index >= 15 is 0 Å². The molecule has 0 amide bonds. The third-order valence-corrected chi connectivity index (χ3v) is 4.57. The Morgan fingerprint density at radius 1 is 0.852 bits per heavy atom. The maximum absolute atomic E-state index is 13.5. The Bertz CT molecular complexity index is 914. The molecule has 0 aliphatic heterocycles. The van der Waals surface area contributed by atoms with Gasteiger partial charge in [-0.1, -0.05) is 34.1 Å². The van der Waals surface area contributed by atoms with Crippen molar-refractivity contribution in [2.75, 3.05) is 23.9 Å². The van der Waals surface area contributed by atoms with Gasteiger partial charge in [0.15, 0.2) is 5.82 Å². The summed E-state index contributed by atoms with van der Waals surface area (Å²) in [7, 11) is 3.26. The molecule has 0 atom stereocenters. The number of rotatable bonds is 4. The zero-order valence-electron chi connectivity index (χ0n) is 14.6. The minimum absolute atomic E-state index is 0.170. The quantitative estimate of drug-likeness (QED) is 0.517. The van der Waals surface area contributed by atoms with Gasteiger partial charge in [0.2, 0.25) is 5.95 Å². The molecule has 1 heterocycles. The second kappa shape index (κ2) is 7.56.